The van der Waals surface area contributed by atoms with E-state index in [0.717, 1.165) is 46.1 Å². The van der Waals surface area contributed by atoms with Gasteiger partial charge in [-0.2, -0.15) is 0 Å². The van der Waals surface area contributed by atoms with E-state index in [1.807, 2.05) is 0 Å². The van der Waals surface area contributed by atoms with Gasteiger partial charge in [-0.1, -0.05) is 6.92 Å². The topological polar surface area (TPSA) is 24.9 Å². The van der Waals surface area contributed by atoms with Crippen LogP contribution in [0.3, 0.4) is 0 Å². The van der Waals surface area contributed by atoms with Crippen LogP contribution in [0.5, 0.6) is 0 Å². The van der Waals surface area contributed by atoms with Crippen LogP contribution < -0.4 is 0 Å². The molecule has 0 amide bonds. The zero-order valence-electron chi connectivity index (χ0n) is 13.4. The molecule has 0 unspecified atom stereocenters. The van der Waals surface area contributed by atoms with Gasteiger partial charge in [-0.05, 0) is 34.2 Å². The normalized spacial score (nSPS) is 30.0. The lowest BCUT2D eigenvalue weighted by Crippen LogP contribution is -2.47. The molecule has 2 atom stereocenters. The molecule has 0 N–H and O–H groups in total. The Bertz CT molecular complexity index is 236. The maximum atomic E-state index is 5.32. The molecule has 0 aliphatic carbocycles. The third-order valence-corrected chi connectivity index (χ3v) is 3.99. The van der Waals surface area contributed by atoms with Gasteiger partial charge in [-0.15, -0.1) is 0 Å². The van der Waals surface area contributed by atoms with Gasteiger partial charge in [-0.25, -0.2) is 0 Å². The van der Waals surface area contributed by atoms with Crippen LogP contribution in [0.4, 0.5) is 0 Å². The quantitative estimate of drug-likeness (QED) is 0.766. The van der Waals surface area contributed by atoms with E-state index in [4.69, 9.17) is 9.47 Å². The van der Waals surface area contributed by atoms with Crippen molar-refractivity contribution in [3.05, 3.63) is 0 Å². The standard InChI is InChI=1S/C8H17NO.C7H15NO/c1-7(2)9-4-5-10-6-8(9)3;1-3-8-4-5-9-6-7(8)2/h7-8H,4-6H2,1-3H3;7H,3-6H2,1-2H3/t8-;7-/m10/s1. The monoisotopic (exact) mass is 272 g/mol. The van der Waals surface area contributed by atoms with Crippen LogP contribution in [-0.2, 0) is 9.47 Å². The van der Waals surface area contributed by atoms with Gasteiger partial charge in [-0.3, -0.25) is 9.80 Å². The molecule has 0 aromatic heterocycles. The Morgan fingerprint density at radius 1 is 1.00 bits per heavy atom. The van der Waals surface area contributed by atoms with E-state index in [1.54, 1.807) is 0 Å². The summed E-state index contributed by atoms with van der Waals surface area (Å²) in [6, 6.07) is 1.90. The van der Waals surface area contributed by atoms with Crippen molar-refractivity contribution in [1.29, 1.82) is 0 Å². The lowest BCUT2D eigenvalue weighted by atomic mass is 10.2. The van der Waals surface area contributed by atoms with Gasteiger partial charge in [0.05, 0.1) is 26.4 Å². The summed E-state index contributed by atoms with van der Waals surface area (Å²) in [6.07, 6.45) is 0. The number of nitrogens with zero attached hydrogens (tertiary/aromatic N) is 2. The Hall–Kier alpha value is -0.160. The van der Waals surface area contributed by atoms with E-state index in [0.29, 0.717) is 18.1 Å². The Morgan fingerprint density at radius 3 is 1.95 bits per heavy atom. The molecule has 2 rings (SSSR count). The van der Waals surface area contributed by atoms with Crippen LogP contribution in [0, 0.1) is 0 Å². The van der Waals surface area contributed by atoms with Crippen LogP contribution in [-0.4, -0.2) is 74.0 Å². The number of ether oxygens (including phenoxy) is 2. The first-order valence-corrected chi connectivity index (χ1v) is 7.71. The fourth-order valence-electron chi connectivity index (χ4n) is 2.74. The van der Waals surface area contributed by atoms with Gasteiger partial charge in [0.25, 0.3) is 0 Å². The molecule has 2 fully saturated rings. The van der Waals surface area contributed by atoms with E-state index in [1.165, 1.54) is 0 Å². The number of hydrogen-bond donors (Lipinski definition) is 0. The van der Waals surface area contributed by atoms with E-state index in [2.05, 4.69) is 44.4 Å². The Labute approximate surface area is 119 Å². The summed E-state index contributed by atoms with van der Waals surface area (Å²) in [7, 11) is 0. The highest BCUT2D eigenvalue weighted by Gasteiger charge is 2.20. The minimum Gasteiger partial charge on any atom is -0.379 e. The molecule has 4 heteroatoms. The minimum absolute atomic E-state index is 0.605. The first-order valence-electron chi connectivity index (χ1n) is 7.71. The van der Waals surface area contributed by atoms with Crippen LogP contribution in [0.1, 0.15) is 34.6 Å². The Morgan fingerprint density at radius 2 is 1.58 bits per heavy atom. The van der Waals surface area contributed by atoms with Gasteiger partial charge in [0, 0.05) is 31.2 Å². The Kier molecular flexibility index (Phi) is 7.91. The summed E-state index contributed by atoms with van der Waals surface area (Å²) in [5, 5.41) is 0. The van der Waals surface area contributed by atoms with Crippen molar-refractivity contribution in [1.82, 2.24) is 9.80 Å². The highest BCUT2D eigenvalue weighted by atomic mass is 16.5. The largest absolute Gasteiger partial charge is 0.379 e. The highest BCUT2D eigenvalue weighted by molar-refractivity contribution is 4.73. The van der Waals surface area contributed by atoms with Crippen molar-refractivity contribution in [3.63, 3.8) is 0 Å². The van der Waals surface area contributed by atoms with Crippen molar-refractivity contribution in [3.8, 4) is 0 Å². The average molecular weight is 272 g/mol. The van der Waals surface area contributed by atoms with Crippen molar-refractivity contribution in [2.45, 2.75) is 52.7 Å². The number of hydrogen-bond acceptors (Lipinski definition) is 4. The summed E-state index contributed by atoms with van der Waals surface area (Å²) in [5.41, 5.74) is 0. The van der Waals surface area contributed by atoms with Gasteiger partial charge in [0.15, 0.2) is 0 Å². The summed E-state index contributed by atoms with van der Waals surface area (Å²) < 4.78 is 10.6. The summed E-state index contributed by atoms with van der Waals surface area (Å²) >= 11 is 0. The van der Waals surface area contributed by atoms with Gasteiger partial charge in [0.1, 0.15) is 0 Å². The molecule has 19 heavy (non-hydrogen) atoms. The first kappa shape index (κ1) is 16.9. The lowest BCUT2D eigenvalue weighted by Gasteiger charge is -2.36. The third kappa shape index (κ3) is 5.78. The average Bonchev–Trinajstić information content (AvgIpc) is 2.40. The number of morpholine rings is 2. The predicted molar refractivity (Wildman–Crippen MR) is 79.7 cm³/mol. The number of rotatable bonds is 2. The molecule has 2 aliphatic heterocycles. The first-order chi connectivity index (χ1) is 9.06. The molecule has 2 saturated heterocycles. The SMILES string of the molecule is CC(C)N1CCOC[C@H]1C.CCN1CCOC[C@@H]1C. The number of likely N-dealkylation sites (N-methyl/N-ethyl adjacent to an activating group) is 1. The second-order valence-corrected chi connectivity index (χ2v) is 5.81. The molecule has 2 heterocycles. The summed E-state index contributed by atoms with van der Waals surface area (Å²) in [6.45, 7) is 18.1. The Balaban J connectivity index is 0.000000191. The fraction of sp³-hybridized carbons (Fsp3) is 1.00. The van der Waals surface area contributed by atoms with Crippen LogP contribution >= 0.6 is 0 Å². The van der Waals surface area contributed by atoms with Gasteiger partial charge >= 0.3 is 0 Å². The van der Waals surface area contributed by atoms with Crippen molar-refractivity contribution in [2.75, 3.05) is 46.1 Å². The van der Waals surface area contributed by atoms with Gasteiger partial charge in [0.2, 0.25) is 0 Å². The predicted octanol–water partition coefficient (Wildman–Crippen LogP) is 1.84. The molecule has 0 bridgehead atoms. The maximum Gasteiger partial charge on any atom is 0.0619 e. The van der Waals surface area contributed by atoms with Crippen LogP contribution in [0.2, 0.25) is 0 Å². The lowest BCUT2D eigenvalue weighted by molar-refractivity contribution is -0.0149. The van der Waals surface area contributed by atoms with E-state index in [9.17, 15) is 0 Å². The molecular weight excluding hydrogens is 240 g/mol. The zero-order valence-corrected chi connectivity index (χ0v) is 13.4. The zero-order chi connectivity index (χ0) is 14.3. The molecule has 0 spiro atoms. The second kappa shape index (κ2) is 8.90. The summed E-state index contributed by atoms with van der Waals surface area (Å²) in [4.78, 5) is 4.91. The molecule has 0 saturated carbocycles. The molecule has 4 nitrogen and oxygen atoms in total. The molecule has 2 aliphatic rings. The molecule has 114 valence electrons. The van der Waals surface area contributed by atoms with Crippen molar-refractivity contribution >= 4 is 0 Å². The maximum absolute atomic E-state index is 5.32. The minimum atomic E-state index is 0.605. The van der Waals surface area contributed by atoms with Crippen molar-refractivity contribution in [2.24, 2.45) is 0 Å². The van der Waals surface area contributed by atoms with Crippen molar-refractivity contribution < 1.29 is 9.47 Å². The molecule has 0 radical (unpaired) electrons. The molecule has 0 aromatic carbocycles. The van der Waals surface area contributed by atoms with Crippen LogP contribution in [0.25, 0.3) is 0 Å². The summed E-state index contributed by atoms with van der Waals surface area (Å²) in [5.74, 6) is 0. The van der Waals surface area contributed by atoms with Crippen LogP contribution in [0.15, 0.2) is 0 Å². The van der Waals surface area contributed by atoms with Gasteiger partial charge < -0.3 is 9.47 Å². The van der Waals surface area contributed by atoms with E-state index < -0.39 is 0 Å². The van der Waals surface area contributed by atoms with E-state index in [-0.39, 0.29) is 0 Å². The smallest absolute Gasteiger partial charge is 0.0619 e. The fourth-order valence-corrected chi connectivity index (χ4v) is 2.74. The second-order valence-electron chi connectivity index (χ2n) is 5.81. The van der Waals surface area contributed by atoms with E-state index >= 15 is 0 Å². The third-order valence-electron chi connectivity index (χ3n) is 3.99. The molecular formula is C15H32N2O2. The highest BCUT2D eigenvalue weighted by Crippen LogP contribution is 2.09. The molecule has 0 aromatic rings.